The zero-order valence-electron chi connectivity index (χ0n) is 11.3. The topological polar surface area (TPSA) is 57.2 Å². The van der Waals surface area contributed by atoms with Gasteiger partial charge in [-0.15, -0.1) is 0 Å². The number of rotatable bonds is 8. The summed E-state index contributed by atoms with van der Waals surface area (Å²) in [7, 11) is 0. The Kier molecular flexibility index (Phi) is 6.49. The fourth-order valence-electron chi connectivity index (χ4n) is 1.63. The van der Waals surface area contributed by atoms with Crippen molar-refractivity contribution < 1.29 is 13.9 Å². The molecule has 19 heavy (non-hydrogen) atoms. The maximum Gasteiger partial charge on any atom is 0.168 e. The molecule has 0 saturated carbocycles. The third-order valence-corrected chi connectivity index (χ3v) is 2.75. The number of nitrogens with zero attached hydrogens (tertiary/aromatic N) is 1. The van der Waals surface area contributed by atoms with Crippen LogP contribution in [0.2, 0.25) is 0 Å². The van der Waals surface area contributed by atoms with Gasteiger partial charge in [0, 0.05) is 25.8 Å². The molecule has 0 radical (unpaired) electrons. The number of aliphatic hydroxyl groups is 1. The fourth-order valence-corrected chi connectivity index (χ4v) is 1.63. The van der Waals surface area contributed by atoms with E-state index in [1.165, 1.54) is 0 Å². The highest BCUT2D eigenvalue weighted by atomic mass is 19.1. The van der Waals surface area contributed by atoms with Crippen LogP contribution in [0.3, 0.4) is 0 Å². The summed E-state index contributed by atoms with van der Waals surface area (Å²) >= 11 is 0. The number of halogens is 2. The van der Waals surface area contributed by atoms with Crippen molar-refractivity contribution in [2.75, 3.05) is 30.3 Å². The van der Waals surface area contributed by atoms with Gasteiger partial charge < -0.3 is 15.7 Å². The first-order chi connectivity index (χ1) is 9.08. The maximum atomic E-state index is 13.5. The largest absolute Gasteiger partial charge is 0.396 e. The third-order valence-electron chi connectivity index (χ3n) is 2.75. The molecule has 0 aliphatic carbocycles. The highest BCUT2D eigenvalue weighted by Gasteiger charge is 2.11. The average molecular weight is 273 g/mol. The van der Waals surface area contributed by atoms with E-state index >= 15 is 0 Å². The monoisotopic (exact) mass is 273 g/mol. The predicted molar refractivity (Wildman–Crippen MR) is 72.3 cm³/mol. The third kappa shape index (κ3) is 4.98. The van der Waals surface area contributed by atoms with E-state index in [-0.39, 0.29) is 24.2 Å². The molecule has 0 aliphatic rings. The van der Waals surface area contributed by atoms with E-state index in [2.05, 4.69) is 15.6 Å². The minimum absolute atomic E-state index is 0.0500. The van der Waals surface area contributed by atoms with Crippen molar-refractivity contribution in [3.8, 4) is 0 Å². The van der Waals surface area contributed by atoms with Crippen molar-refractivity contribution in [1.29, 1.82) is 0 Å². The molecule has 6 heteroatoms. The lowest BCUT2D eigenvalue weighted by Crippen LogP contribution is -2.11. The zero-order valence-corrected chi connectivity index (χ0v) is 11.3. The predicted octanol–water partition coefficient (Wildman–Crippen LogP) is 2.61. The number of hydrogen-bond acceptors (Lipinski definition) is 4. The molecule has 1 heterocycles. The number of hydrogen-bond donors (Lipinski definition) is 3. The summed E-state index contributed by atoms with van der Waals surface area (Å²) in [5.41, 5.74) is 0. The molecule has 1 rings (SSSR count). The van der Waals surface area contributed by atoms with Gasteiger partial charge in [-0.2, -0.15) is 0 Å². The van der Waals surface area contributed by atoms with Gasteiger partial charge in [0.2, 0.25) is 0 Å². The Hall–Kier alpha value is -1.43. The van der Waals surface area contributed by atoms with Gasteiger partial charge in [0.15, 0.2) is 23.3 Å². The molecule has 0 aliphatic heterocycles. The Balaban J connectivity index is 2.55. The Labute approximate surface area is 112 Å². The van der Waals surface area contributed by atoms with Crippen LogP contribution in [0, 0.1) is 17.6 Å². The van der Waals surface area contributed by atoms with Crippen LogP contribution in [0.5, 0.6) is 0 Å². The van der Waals surface area contributed by atoms with Crippen molar-refractivity contribution in [2.45, 2.75) is 26.7 Å². The standard InChI is InChI=1S/C13H21F2N3O/c1-3-16-12-10(14)7-11(15)13(18-12)17-6-4-5-9(2)8-19/h7,9,19H,3-6,8H2,1-2H3,(H2,16,17,18). The van der Waals surface area contributed by atoms with Crippen LogP contribution in [0.4, 0.5) is 20.4 Å². The zero-order chi connectivity index (χ0) is 14.3. The first-order valence-corrected chi connectivity index (χ1v) is 6.53. The van der Waals surface area contributed by atoms with Crippen LogP contribution in [-0.2, 0) is 0 Å². The van der Waals surface area contributed by atoms with Gasteiger partial charge in [0.25, 0.3) is 0 Å². The van der Waals surface area contributed by atoms with Gasteiger partial charge in [0.1, 0.15) is 0 Å². The fraction of sp³-hybridized carbons (Fsp3) is 0.615. The smallest absolute Gasteiger partial charge is 0.168 e. The quantitative estimate of drug-likeness (QED) is 0.637. The molecule has 0 spiro atoms. The number of aliphatic hydroxyl groups excluding tert-OH is 1. The lowest BCUT2D eigenvalue weighted by atomic mass is 10.1. The maximum absolute atomic E-state index is 13.5. The van der Waals surface area contributed by atoms with Crippen molar-refractivity contribution >= 4 is 11.6 Å². The van der Waals surface area contributed by atoms with Crippen LogP contribution < -0.4 is 10.6 Å². The van der Waals surface area contributed by atoms with Crippen LogP contribution in [0.1, 0.15) is 26.7 Å². The van der Waals surface area contributed by atoms with E-state index < -0.39 is 11.6 Å². The Morgan fingerprint density at radius 3 is 2.47 bits per heavy atom. The average Bonchev–Trinajstić information content (AvgIpc) is 2.39. The molecule has 1 aromatic heterocycles. The Morgan fingerprint density at radius 1 is 1.26 bits per heavy atom. The molecule has 1 atom stereocenters. The molecular weight excluding hydrogens is 252 g/mol. The van der Waals surface area contributed by atoms with Crippen molar-refractivity contribution in [3.05, 3.63) is 17.7 Å². The Morgan fingerprint density at radius 2 is 1.89 bits per heavy atom. The molecule has 0 fully saturated rings. The van der Waals surface area contributed by atoms with Crippen LogP contribution in [0.15, 0.2) is 6.07 Å². The van der Waals surface area contributed by atoms with Crippen molar-refractivity contribution in [1.82, 2.24) is 4.98 Å². The van der Waals surface area contributed by atoms with E-state index in [1.807, 2.05) is 13.8 Å². The number of aromatic nitrogens is 1. The molecule has 1 aromatic rings. The highest BCUT2D eigenvalue weighted by molar-refractivity contribution is 5.47. The summed E-state index contributed by atoms with van der Waals surface area (Å²) in [6.07, 6.45) is 1.63. The lowest BCUT2D eigenvalue weighted by Gasteiger charge is -2.11. The molecule has 0 bridgehead atoms. The number of anilines is 2. The summed E-state index contributed by atoms with van der Waals surface area (Å²) in [5.74, 6) is -1.07. The van der Waals surface area contributed by atoms with Crippen LogP contribution in [-0.4, -0.2) is 29.8 Å². The summed E-state index contributed by atoms with van der Waals surface area (Å²) < 4.78 is 26.8. The normalized spacial score (nSPS) is 12.3. The second-order valence-electron chi connectivity index (χ2n) is 4.54. The SMILES string of the molecule is CCNc1nc(NCCCC(C)CO)c(F)cc1F. The van der Waals surface area contributed by atoms with E-state index in [1.54, 1.807) is 0 Å². The number of nitrogens with one attached hydrogen (secondary N) is 2. The van der Waals surface area contributed by atoms with Gasteiger partial charge in [-0.3, -0.25) is 0 Å². The van der Waals surface area contributed by atoms with E-state index in [9.17, 15) is 8.78 Å². The van der Waals surface area contributed by atoms with Crippen molar-refractivity contribution in [2.24, 2.45) is 5.92 Å². The summed E-state index contributed by atoms with van der Waals surface area (Å²) in [4.78, 5) is 3.88. The van der Waals surface area contributed by atoms with Crippen LogP contribution in [0.25, 0.3) is 0 Å². The van der Waals surface area contributed by atoms with Gasteiger partial charge in [-0.1, -0.05) is 6.92 Å². The molecule has 0 amide bonds. The molecule has 1 unspecified atom stereocenters. The van der Waals surface area contributed by atoms with Gasteiger partial charge in [0.05, 0.1) is 0 Å². The minimum Gasteiger partial charge on any atom is -0.396 e. The van der Waals surface area contributed by atoms with Crippen molar-refractivity contribution in [3.63, 3.8) is 0 Å². The minimum atomic E-state index is -0.700. The van der Waals surface area contributed by atoms with Gasteiger partial charge in [-0.25, -0.2) is 13.8 Å². The van der Waals surface area contributed by atoms with E-state index in [4.69, 9.17) is 5.11 Å². The highest BCUT2D eigenvalue weighted by Crippen LogP contribution is 2.19. The summed E-state index contributed by atoms with van der Waals surface area (Å²) in [6, 6.07) is 0.823. The van der Waals surface area contributed by atoms with E-state index in [0.29, 0.717) is 13.1 Å². The Bertz CT molecular complexity index is 402. The first-order valence-electron chi connectivity index (χ1n) is 6.53. The molecule has 4 nitrogen and oxygen atoms in total. The second kappa shape index (κ2) is 7.89. The first kappa shape index (κ1) is 15.6. The van der Waals surface area contributed by atoms with Crippen LogP contribution >= 0.6 is 0 Å². The van der Waals surface area contributed by atoms with Gasteiger partial charge >= 0.3 is 0 Å². The van der Waals surface area contributed by atoms with E-state index in [0.717, 1.165) is 18.9 Å². The summed E-state index contributed by atoms with van der Waals surface area (Å²) in [5, 5.41) is 14.5. The molecule has 3 N–H and O–H groups in total. The number of pyridine rings is 1. The lowest BCUT2D eigenvalue weighted by molar-refractivity contribution is 0.229. The van der Waals surface area contributed by atoms with Gasteiger partial charge in [-0.05, 0) is 25.7 Å². The summed E-state index contributed by atoms with van der Waals surface area (Å²) in [6.45, 7) is 4.95. The molecule has 0 saturated heterocycles. The second-order valence-corrected chi connectivity index (χ2v) is 4.54. The molecule has 0 aromatic carbocycles. The molecule has 108 valence electrons. The molecular formula is C13H21F2N3O.